The molecule has 1 saturated heterocycles. The largest absolute Gasteiger partial charge is 0.468 e. The predicted octanol–water partition coefficient (Wildman–Crippen LogP) is 4.14. The zero-order valence-corrected chi connectivity index (χ0v) is 22.8. The molecule has 0 N–H and O–H groups in total. The second kappa shape index (κ2) is 12.4. The van der Waals surface area contributed by atoms with Crippen LogP contribution in [0.15, 0.2) is 64.8 Å². The van der Waals surface area contributed by atoms with E-state index in [4.69, 9.17) is 15.9 Å². The lowest BCUT2D eigenvalue weighted by atomic mass is 9.75. The molecule has 0 aromatic heterocycles. The van der Waals surface area contributed by atoms with E-state index in [9.17, 15) is 14.0 Å². The van der Waals surface area contributed by atoms with Gasteiger partial charge in [-0.15, -0.1) is 6.42 Å². The van der Waals surface area contributed by atoms with Crippen molar-refractivity contribution < 1.29 is 23.5 Å². The van der Waals surface area contributed by atoms with E-state index in [0.29, 0.717) is 35.6 Å². The Bertz CT molecular complexity index is 1320. The number of terminal acetylenes is 1. The number of rotatable bonds is 7. The molecule has 39 heavy (non-hydrogen) atoms. The SMILES string of the molecule is C#Cc1cccc(C2C(C(=O)OC(C)N3CCN(Cc4ccc(F)cc4)CC3)=C(C)N=C(C)C2C(=O)OC)c1. The number of carbonyl (C=O) groups is 2. The van der Waals surface area contributed by atoms with Crippen LogP contribution in [0.5, 0.6) is 0 Å². The molecular weight excluding hydrogens is 497 g/mol. The fourth-order valence-corrected chi connectivity index (χ4v) is 5.34. The minimum Gasteiger partial charge on any atom is -0.468 e. The van der Waals surface area contributed by atoms with E-state index in [0.717, 1.165) is 30.8 Å². The molecule has 0 spiro atoms. The van der Waals surface area contributed by atoms with Gasteiger partial charge in [0.15, 0.2) is 6.23 Å². The first-order chi connectivity index (χ1) is 18.7. The topological polar surface area (TPSA) is 71.4 Å². The summed E-state index contributed by atoms with van der Waals surface area (Å²) in [5.74, 6) is -0.0380. The molecule has 2 heterocycles. The third kappa shape index (κ3) is 6.44. The predicted molar refractivity (Wildman–Crippen MR) is 147 cm³/mol. The maximum atomic E-state index is 13.7. The molecule has 7 nitrogen and oxygen atoms in total. The van der Waals surface area contributed by atoms with Gasteiger partial charge in [0.1, 0.15) is 11.7 Å². The lowest BCUT2D eigenvalue weighted by Crippen LogP contribution is -2.50. The Kier molecular flexibility index (Phi) is 8.95. The highest BCUT2D eigenvalue weighted by atomic mass is 19.1. The van der Waals surface area contributed by atoms with Gasteiger partial charge in [-0.2, -0.15) is 0 Å². The molecule has 0 saturated carbocycles. The van der Waals surface area contributed by atoms with Crippen LogP contribution in [0.1, 0.15) is 43.4 Å². The van der Waals surface area contributed by atoms with E-state index in [-0.39, 0.29) is 5.82 Å². The highest BCUT2D eigenvalue weighted by Gasteiger charge is 2.42. The molecule has 2 aromatic rings. The highest BCUT2D eigenvalue weighted by Crippen LogP contribution is 2.40. The third-order valence-corrected chi connectivity index (χ3v) is 7.43. The molecule has 1 fully saturated rings. The maximum absolute atomic E-state index is 13.7. The summed E-state index contributed by atoms with van der Waals surface area (Å²) in [4.78, 5) is 35.5. The molecular formula is C31H34FN3O4. The monoisotopic (exact) mass is 531 g/mol. The normalized spacial score (nSPS) is 21.1. The zero-order valence-electron chi connectivity index (χ0n) is 22.8. The van der Waals surface area contributed by atoms with Crippen molar-refractivity contribution in [2.24, 2.45) is 10.9 Å². The van der Waals surface area contributed by atoms with Crippen molar-refractivity contribution in [2.45, 2.75) is 39.5 Å². The van der Waals surface area contributed by atoms with E-state index in [1.54, 1.807) is 32.0 Å². The van der Waals surface area contributed by atoms with E-state index in [1.807, 2.05) is 25.1 Å². The van der Waals surface area contributed by atoms with Gasteiger partial charge in [0, 0.05) is 55.6 Å². The van der Waals surface area contributed by atoms with E-state index < -0.39 is 30.0 Å². The Morgan fingerprint density at radius 2 is 1.82 bits per heavy atom. The number of hydrogen-bond acceptors (Lipinski definition) is 7. The van der Waals surface area contributed by atoms with Crippen LogP contribution in [0.25, 0.3) is 0 Å². The molecule has 3 unspecified atom stereocenters. The number of esters is 2. The van der Waals surface area contributed by atoms with Crippen LogP contribution in [-0.2, 0) is 25.6 Å². The Balaban J connectivity index is 1.49. The molecule has 0 amide bonds. The second-order valence-electron chi connectivity index (χ2n) is 9.94. The molecule has 2 aliphatic rings. The smallest absolute Gasteiger partial charge is 0.338 e. The summed E-state index contributed by atoms with van der Waals surface area (Å²) in [6.45, 7) is 9.11. The fourth-order valence-electron chi connectivity index (χ4n) is 5.34. The van der Waals surface area contributed by atoms with Crippen molar-refractivity contribution in [3.05, 3.63) is 82.3 Å². The molecule has 0 radical (unpaired) electrons. The number of ether oxygens (including phenoxy) is 2. The summed E-state index contributed by atoms with van der Waals surface area (Å²) in [6.07, 6.45) is 5.15. The Morgan fingerprint density at radius 1 is 1.13 bits per heavy atom. The van der Waals surface area contributed by atoms with Crippen LogP contribution in [0.3, 0.4) is 0 Å². The summed E-state index contributed by atoms with van der Waals surface area (Å²) in [5.41, 5.74) is 3.83. The summed E-state index contributed by atoms with van der Waals surface area (Å²) in [6, 6.07) is 13.8. The van der Waals surface area contributed by atoms with Gasteiger partial charge in [0.05, 0.1) is 12.7 Å². The number of carbonyl (C=O) groups excluding carboxylic acids is 2. The first kappa shape index (κ1) is 28.2. The quantitative estimate of drug-likeness (QED) is 0.395. The van der Waals surface area contributed by atoms with Gasteiger partial charge in [-0.1, -0.05) is 30.2 Å². The lowest BCUT2D eigenvalue weighted by molar-refractivity contribution is -0.155. The fraction of sp³-hybridized carbons (Fsp3) is 0.387. The molecule has 2 aliphatic heterocycles. The van der Waals surface area contributed by atoms with E-state index in [2.05, 4.69) is 20.7 Å². The highest BCUT2D eigenvalue weighted by molar-refractivity contribution is 6.07. The average Bonchev–Trinajstić information content (AvgIpc) is 2.93. The minimum absolute atomic E-state index is 0.243. The molecule has 0 bridgehead atoms. The standard InChI is InChI=1S/C31H34FN3O4/c1-6-23-8-7-9-25(18-23)29-27(30(36)38-5)20(2)33-21(3)28(29)31(37)39-22(4)35-16-14-34(15-17-35)19-24-10-12-26(32)13-11-24/h1,7-13,18,22,27,29H,14-17,19H2,2-5H3. The molecule has 8 heteroatoms. The van der Waals surface area contributed by atoms with Gasteiger partial charge in [-0.05, 0) is 56.2 Å². The Hall–Kier alpha value is -3.80. The van der Waals surface area contributed by atoms with Gasteiger partial charge in [0.25, 0.3) is 0 Å². The van der Waals surface area contributed by atoms with E-state index >= 15 is 0 Å². The molecule has 3 atom stereocenters. The van der Waals surface area contributed by atoms with Crippen LogP contribution in [0.4, 0.5) is 4.39 Å². The van der Waals surface area contributed by atoms with Gasteiger partial charge in [0.2, 0.25) is 0 Å². The summed E-state index contributed by atoms with van der Waals surface area (Å²) in [5, 5.41) is 0. The van der Waals surface area contributed by atoms with Crippen LogP contribution in [-0.4, -0.2) is 67.0 Å². The summed E-state index contributed by atoms with van der Waals surface area (Å²) >= 11 is 0. The van der Waals surface area contributed by atoms with Gasteiger partial charge >= 0.3 is 11.9 Å². The zero-order chi connectivity index (χ0) is 28.1. The molecule has 2 aromatic carbocycles. The van der Waals surface area contributed by atoms with Crippen molar-refractivity contribution in [2.75, 3.05) is 33.3 Å². The lowest BCUT2D eigenvalue weighted by Gasteiger charge is -2.38. The molecule has 4 rings (SSSR count). The number of aliphatic imine (C=N–C) groups is 1. The van der Waals surface area contributed by atoms with Crippen LogP contribution >= 0.6 is 0 Å². The van der Waals surface area contributed by atoms with Crippen molar-refractivity contribution in [1.82, 2.24) is 9.80 Å². The third-order valence-electron chi connectivity index (χ3n) is 7.43. The number of allylic oxidation sites excluding steroid dienone is 1. The van der Waals surface area contributed by atoms with Gasteiger partial charge < -0.3 is 9.47 Å². The Morgan fingerprint density at radius 3 is 2.46 bits per heavy atom. The van der Waals surface area contributed by atoms with Crippen molar-refractivity contribution in [1.29, 1.82) is 0 Å². The van der Waals surface area contributed by atoms with Gasteiger partial charge in [-0.3, -0.25) is 19.6 Å². The second-order valence-corrected chi connectivity index (χ2v) is 9.94. The van der Waals surface area contributed by atoms with Crippen LogP contribution in [0, 0.1) is 24.1 Å². The maximum Gasteiger partial charge on any atom is 0.338 e. The average molecular weight is 532 g/mol. The number of methoxy groups -OCH3 is 1. The van der Waals surface area contributed by atoms with Gasteiger partial charge in [-0.25, -0.2) is 9.18 Å². The summed E-state index contributed by atoms with van der Waals surface area (Å²) < 4.78 is 24.3. The Labute approximate surface area is 229 Å². The van der Waals surface area contributed by atoms with E-state index in [1.165, 1.54) is 19.2 Å². The van der Waals surface area contributed by atoms with Crippen molar-refractivity contribution >= 4 is 17.7 Å². The summed E-state index contributed by atoms with van der Waals surface area (Å²) in [7, 11) is 1.32. The van der Waals surface area contributed by atoms with Crippen molar-refractivity contribution in [3.8, 4) is 12.3 Å². The van der Waals surface area contributed by atoms with Crippen LogP contribution < -0.4 is 0 Å². The number of benzene rings is 2. The first-order valence-electron chi connectivity index (χ1n) is 13.0. The molecule has 204 valence electrons. The minimum atomic E-state index is -0.778. The number of halogens is 1. The first-order valence-corrected chi connectivity index (χ1v) is 13.0. The number of hydrogen-bond donors (Lipinski definition) is 0. The molecule has 0 aliphatic carbocycles. The van der Waals surface area contributed by atoms with Crippen LogP contribution in [0.2, 0.25) is 0 Å². The number of piperazine rings is 1. The number of nitrogens with zero attached hydrogens (tertiary/aromatic N) is 3. The van der Waals surface area contributed by atoms with Crippen molar-refractivity contribution in [3.63, 3.8) is 0 Å².